The number of hydrogen-bond donors (Lipinski definition) is 2. The smallest absolute Gasteiger partial charge is 0.248 e. The molecule has 1 aliphatic heterocycles. The number of nitrogens with two attached hydrogens (primary N) is 1. The van der Waals surface area contributed by atoms with Crippen LogP contribution in [0.15, 0.2) is 54.6 Å². The summed E-state index contributed by atoms with van der Waals surface area (Å²) >= 11 is 0. The molecule has 0 radical (unpaired) electrons. The Morgan fingerprint density at radius 2 is 1.85 bits per heavy atom. The van der Waals surface area contributed by atoms with Crippen molar-refractivity contribution in [3.05, 3.63) is 65.7 Å². The summed E-state index contributed by atoms with van der Waals surface area (Å²) < 4.78 is 5.74. The second kappa shape index (κ2) is 8.60. The number of ether oxygens (including phenoxy) is 1. The molecule has 1 atom stereocenters. The van der Waals surface area contributed by atoms with Crippen molar-refractivity contribution in [3.63, 3.8) is 0 Å². The fourth-order valence-electron chi connectivity index (χ4n) is 3.03. The Morgan fingerprint density at radius 1 is 1.12 bits per heavy atom. The van der Waals surface area contributed by atoms with Crippen molar-refractivity contribution in [2.24, 2.45) is 5.73 Å². The fraction of sp³-hybridized carbons (Fsp3) is 0.300. The maximum atomic E-state index is 12.3. The highest BCUT2D eigenvalue weighted by Gasteiger charge is 2.23. The molecule has 0 aromatic heterocycles. The topological polar surface area (TPSA) is 84.7 Å². The molecule has 0 saturated carbocycles. The van der Waals surface area contributed by atoms with Crippen molar-refractivity contribution < 1.29 is 14.3 Å². The molecule has 1 fully saturated rings. The van der Waals surface area contributed by atoms with E-state index in [-0.39, 0.29) is 12.0 Å². The summed E-state index contributed by atoms with van der Waals surface area (Å²) in [6, 6.07) is 16.8. The lowest BCUT2D eigenvalue weighted by Crippen LogP contribution is -2.43. The molecule has 2 amide bonds. The van der Waals surface area contributed by atoms with Crippen molar-refractivity contribution in [2.75, 3.05) is 25.0 Å². The number of nitrogens with one attached hydrogen (secondary N) is 1. The highest BCUT2D eigenvalue weighted by Crippen LogP contribution is 2.14. The third-order valence-electron chi connectivity index (χ3n) is 4.34. The first-order chi connectivity index (χ1) is 12.6. The third-order valence-corrected chi connectivity index (χ3v) is 4.34. The van der Waals surface area contributed by atoms with Crippen LogP contribution in [0.25, 0.3) is 0 Å². The minimum atomic E-state index is -0.489. The number of benzene rings is 2. The SMILES string of the molecule is NC(=O)c1ccc(NC(=O)CC2CN(Cc3ccccc3)CCO2)cc1. The maximum absolute atomic E-state index is 12.3. The van der Waals surface area contributed by atoms with Gasteiger partial charge in [0.05, 0.1) is 19.1 Å². The lowest BCUT2D eigenvalue weighted by atomic mass is 10.1. The van der Waals surface area contributed by atoms with Gasteiger partial charge in [-0.2, -0.15) is 0 Å². The quantitative estimate of drug-likeness (QED) is 0.832. The number of carbonyl (C=O) groups is 2. The summed E-state index contributed by atoms with van der Waals surface area (Å²) in [7, 11) is 0. The maximum Gasteiger partial charge on any atom is 0.248 e. The molecular formula is C20H23N3O3. The number of carbonyl (C=O) groups excluding carboxylic acids is 2. The van der Waals surface area contributed by atoms with Crippen molar-refractivity contribution >= 4 is 17.5 Å². The van der Waals surface area contributed by atoms with Crippen LogP contribution in [0.2, 0.25) is 0 Å². The average Bonchev–Trinajstić information content (AvgIpc) is 2.63. The monoisotopic (exact) mass is 353 g/mol. The first kappa shape index (κ1) is 18.1. The predicted octanol–water partition coefficient (Wildman–Crippen LogP) is 2.02. The van der Waals surface area contributed by atoms with Crippen LogP contribution in [0.1, 0.15) is 22.3 Å². The van der Waals surface area contributed by atoms with Crippen LogP contribution in [0, 0.1) is 0 Å². The average molecular weight is 353 g/mol. The van der Waals surface area contributed by atoms with E-state index in [1.54, 1.807) is 24.3 Å². The van der Waals surface area contributed by atoms with Gasteiger partial charge in [0.2, 0.25) is 11.8 Å². The Hall–Kier alpha value is -2.70. The molecule has 3 rings (SSSR count). The van der Waals surface area contributed by atoms with E-state index in [1.165, 1.54) is 5.56 Å². The molecule has 6 nitrogen and oxygen atoms in total. The summed E-state index contributed by atoms with van der Waals surface area (Å²) in [5.41, 5.74) is 7.51. The summed E-state index contributed by atoms with van der Waals surface area (Å²) in [6.45, 7) is 3.07. The highest BCUT2D eigenvalue weighted by molar-refractivity contribution is 5.94. The predicted molar refractivity (Wildman–Crippen MR) is 99.7 cm³/mol. The lowest BCUT2D eigenvalue weighted by Gasteiger charge is -2.32. The number of rotatable bonds is 6. The minimum Gasteiger partial charge on any atom is -0.375 e. The number of nitrogens with zero attached hydrogens (tertiary/aromatic N) is 1. The van der Waals surface area contributed by atoms with E-state index in [0.717, 1.165) is 19.6 Å². The summed E-state index contributed by atoms with van der Waals surface area (Å²) in [5, 5.41) is 2.83. The van der Waals surface area contributed by atoms with Crippen LogP contribution in [-0.2, 0) is 16.1 Å². The Balaban J connectivity index is 1.49. The van der Waals surface area contributed by atoms with Crippen LogP contribution in [0.3, 0.4) is 0 Å². The Kier molecular flexibility index (Phi) is 5.99. The second-order valence-electron chi connectivity index (χ2n) is 6.41. The van der Waals surface area contributed by atoms with Gasteiger partial charge in [-0.15, -0.1) is 0 Å². The molecule has 0 spiro atoms. The molecule has 1 aliphatic rings. The largest absolute Gasteiger partial charge is 0.375 e. The number of amides is 2. The van der Waals surface area contributed by atoms with E-state index in [4.69, 9.17) is 10.5 Å². The third kappa shape index (κ3) is 5.15. The van der Waals surface area contributed by atoms with Crippen molar-refractivity contribution in [1.29, 1.82) is 0 Å². The number of anilines is 1. The minimum absolute atomic E-state index is 0.108. The molecule has 1 heterocycles. The highest BCUT2D eigenvalue weighted by atomic mass is 16.5. The first-order valence-electron chi connectivity index (χ1n) is 8.68. The lowest BCUT2D eigenvalue weighted by molar-refractivity contribution is -0.121. The molecule has 0 aliphatic carbocycles. The molecule has 136 valence electrons. The van der Waals surface area contributed by atoms with E-state index in [2.05, 4.69) is 22.3 Å². The second-order valence-corrected chi connectivity index (χ2v) is 6.41. The van der Waals surface area contributed by atoms with Crippen LogP contribution in [0.5, 0.6) is 0 Å². The summed E-state index contributed by atoms with van der Waals surface area (Å²) in [4.78, 5) is 25.6. The molecule has 2 aromatic carbocycles. The van der Waals surface area contributed by atoms with Crippen LogP contribution in [-0.4, -0.2) is 42.5 Å². The van der Waals surface area contributed by atoms with E-state index < -0.39 is 5.91 Å². The summed E-state index contributed by atoms with van der Waals surface area (Å²) in [5.74, 6) is -0.597. The molecular weight excluding hydrogens is 330 g/mol. The van der Waals surface area contributed by atoms with Gasteiger partial charge in [-0.1, -0.05) is 30.3 Å². The zero-order valence-electron chi connectivity index (χ0n) is 14.6. The molecule has 0 bridgehead atoms. The van der Waals surface area contributed by atoms with Crippen molar-refractivity contribution in [2.45, 2.75) is 19.1 Å². The van der Waals surface area contributed by atoms with E-state index in [9.17, 15) is 9.59 Å². The Bertz CT molecular complexity index is 747. The van der Waals surface area contributed by atoms with Crippen molar-refractivity contribution in [1.82, 2.24) is 4.90 Å². The van der Waals surface area contributed by atoms with Gasteiger partial charge in [0, 0.05) is 30.9 Å². The molecule has 2 aromatic rings. The molecule has 1 unspecified atom stereocenters. The van der Waals surface area contributed by atoms with Gasteiger partial charge in [-0.3, -0.25) is 14.5 Å². The van der Waals surface area contributed by atoms with Gasteiger partial charge in [0.25, 0.3) is 0 Å². The van der Waals surface area contributed by atoms with Gasteiger partial charge >= 0.3 is 0 Å². The van der Waals surface area contributed by atoms with Crippen LogP contribution < -0.4 is 11.1 Å². The van der Waals surface area contributed by atoms with Crippen molar-refractivity contribution in [3.8, 4) is 0 Å². The van der Waals surface area contributed by atoms with Gasteiger partial charge in [0.15, 0.2) is 0 Å². The number of hydrogen-bond acceptors (Lipinski definition) is 4. The van der Waals surface area contributed by atoms with E-state index >= 15 is 0 Å². The molecule has 26 heavy (non-hydrogen) atoms. The normalized spacial score (nSPS) is 17.6. The van der Waals surface area contributed by atoms with E-state index in [1.807, 2.05) is 18.2 Å². The first-order valence-corrected chi connectivity index (χ1v) is 8.68. The van der Waals surface area contributed by atoms with Gasteiger partial charge in [-0.25, -0.2) is 0 Å². The Morgan fingerprint density at radius 3 is 2.54 bits per heavy atom. The van der Waals surface area contributed by atoms with Gasteiger partial charge in [-0.05, 0) is 29.8 Å². The molecule has 1 saturated heterocycles. The van der Waals surface area contributed by atoms with E-state index in [0.29, 0.717) is 24.3 Å². The fourth-order valence-corrected chi connectivity index (χ4v) is 3.03. The molecule has 3 N–H and O–H groups in total. The van der Waals surface area contributed by atoms with Crippen LogP contribution in [0.4, 0.5) is 5.69 Å². The zero-order chi connectivity index (χ0) is 18.4. The Labute approximate surface area is 152 Å². The van der Waals surface area contributed by atoms with Gasteiger partial charge in [0.1, 0.15) is 0 Å². The number of primary amides is 1. The zero-order valence-corrected chi connectivity index (χ0v) is 14.6. The molecule has 6 heteroatoms. The van der Waals surface area contributed by atoms with Gasteiger partial charge < -0.3 is 15.8 Å². The summed E-state index contributed by atoms with van der Waals surface area (Å²) in [6.07, 6.45) is 0.167. The standard InChI is InChI=1S/C20H23N3O3/c21-20(25)16-6-8-17(9-7-16)22-19(24)12-18-14-23(10-11-26-18)13-15-4-2-1-3-5-15/h1-9,18H,10-14H2,(H2,21,25)(H,22,24). The number of morpholine rings is 1. The van der Waals surface area contributed by atoms with Crippen LogP contribution >= 0.6 is 0 Å².